The normalized spacial score (nSPS) is 10.2. The van der Waals surface area contributed by atoms with E-state index in [0.717, 1.165) is 16.9 Å². The van der Waals surface area contributed by atoms with Crippen LogP contribution in [-0.4, -0.2) is 23.2 Å². The second kappa shape index (κ2) is 6.45. The molecule has 5 nitrogen and oxygen atoms in total. The number of nitrogens with one attached hydrogen (secondary N) is 1. The van der Waals surface area contributed by atoms with Crippen molar-refractivity contribution in [2.45, 2.75) is 13.5 Å². The highest BCUT2D eigenvalue weighted by Crippen LogP contribution is 2.31. The summed E-state index contributed by atoms with van der Waals surface area (Å²) in [6.07, 6.45) is 1.34. The van der Waals surface area contributed by atoms with Crippen LogP contribution < -0.4 is 10.1 Å². The lowest BCUT2D eigenvalue weighted by molar-refractivity contribution is 0.0696. The number of ether oxygens (including phenoxy) is 1. The van der Waals surface area contributed by atoms with Crippen molar-refractivity contribution in [1.82, 2.24) is 4.98 Å². The summed E-state index contributed by atoms with van der Waals surface area (Å²) in [6, 6.07) is 6.84. The van der Waals surface area contributed by atoms with Crippen LogP contribution in [0.4, 0.5) is 5.69 Å². The van der Waals surface area contributed by atoms with Gasteiger partial charge in [-0.15, -0.1) is 0 Å². The molecule has 0 aliphatic rings. The molecule has 2 aromatic rings. The first-order valence-corrected chi connectivity index (χ1v) is 6.65. The number of anilines is 1. The first kappa shape index (κ1) is 15.1. The van der Waals surface area contributed by atoms with Crippen molar-refractivity contribution in [3.63, 3.8) is 0 Å². The Bertz CT molecular complexity index is 657. The molecule has 0 saturated heterocycles. The SMILES string of the molecule is COc1cc(Cl)c(C)cc1NCc1ccc(C(=O)O)cn1. The van der Waals surface area contributed by atoms with Gasteiger partial charge in [-0.25, -0.2) is 4.79 Å². The average Bonchev–Trinajstić information content (AvgIpc) is 2.48. The number of hydrogen-bond acceptors (Lipinski definition) is 4. The van der Waals surface area contributed by atoms with Gasteiger partial charge in [0.25, 0.3) is 0 Å². The summed E-state index contributed by atoms with van der Waals surface area (Å²) < 4.78 is 5.28. The van der Waals surface area contributed by atoms with Crippen molar-refractivity contribution in [3.05, 3.63) is 52.3 Å². The molecule has 1 aromatic heterocycles. The number of halogens is 1. The Morgan fingerprint density at radius 1 is 1.43 bits per heavy atom. The summed E-state index contributed by atoms with van der Waals surface area (Å²) in [5.41, 5.74) is 2.64. The van der Waals surface area contributed by atoms with Gasteiger partial charge in [0.15, 0.2) is 0 Å². The Morgan fingerprint density at radius 3 is 2.76 bits per heavy atom. The van der Waals surface area contributed by atoms with E-state index in [1.165, 1.54) is 12.3 Å². The topological polar surface area (TPSA) is 71.5 Å². The van der Waals surface area contributed by atoms with Gasteiger partial charge in [-0.3, -0.25) is 4.98 Å². The zero-order chi connectivity index (χ0) is 15.4. The van der Waals surface area contributed by atoms with Gasteiger partial charge < -0.3 is 15.2 Å². The van der Waals surface area contributed by atoms with Crippen LogP contribution in [0.25, 0.3) is 0 Å². The van der Waals surface area contributed by atoms with E-state index in [1.54, 1.807) is 19.2 Å². The molecule has 0 fully saturated rings. The molecule has 6 heteroatoms. The molecule has 1 heterocycles. The Morgan fingerprint density at radius 2 is 2.19 bits per heavy atom. The molecule has 0 saturated carbocycles. The van der Waals surface area contributed by atoms with Crippen molar-refractivity contribution < 1.29 is 14.6 Å². The van der Waals surface area contributed by atoms with E-state index in [-0.39, 0.29) is 5.56 Å². The van der Waals surface area contributed by atoms with Crippen LogP contribution in [0.15, 0.2) is 30.5 Å². The lowest BCUT2D eigenvalue weighted by atomic mass is 10.2. The number of carboxylic acid groups (broad SMARTS) is 1. The van der Waals surface area contributed by atoms with Gasteiger partial charge in [-0.05, 0) is 30.7 Å². The summed E-state index contributed by atoms with van der Waals surface area (Å²) in [7, 11) is 1.58. The van der Waals surface area contributed by atoms with E-state index in [9.17, 15) is 4.79 Å². The van der Waals surface area contributed by atoms with Gasteiger partial charge in [-0.2, -0.15) is 0 Å². The molecule has 0 aliphatic carbocycles. The van der Waals surface area contributed by atoms with Crippen molar-refractivity contribution in [2.24, 2.45) is 0 Å². The highest BCUT2D eigenvalue weighted by atomic mass is 35.5. The van der Waals surface area contributed by atoms with Crippen molar-refractivity contribution in [1.29, 1.82) is 0 Å². The number of carboxylic acids is 1. The Labute approximate surface area is 127 Å². The van der Waals surface area contributed by atoms with Gasteiger partial charge in [-0.1, -0.05) is 11.6 Å². The average molecular weight is 307 g/mol. The minimum atomic E-state index is -0.989. The number of rotatable bonds is 5. The number of aromatic nitrogens is 1. The van der Waals surface area contributed by atoms with Gasteiger partial charge in [0, 0.05) is 17.3 Å². The number of hydrogen-bond donors (Lipinski definition) is 2. The van der Waals surface area contributed by atoms with E-state index < -0.39 is 5.97 Å². The molecular formula is C15H15ClN2O3. The third kappa shape index (κ3) is 3.64. The molecule has 0 bridgehead atoms. The van der Waals surface area contributed by atoms with Gasteiger partial charge >= 0.3 is 5.97 Å². The molecule has 110 valence electrons. The molecule has 0 amide bonds. The van der Waals surface area contributed by atoms with Gasteiger partial charge in [0.05, 0.1) is 30.6 Å². The monoisotopic (exact) mass is 306 g/mol. The van der Waals surface area contributed by atoms with Crippen molar-refractivity contribution >= 4 is 23.3 Å². The summed E-state index contributed by atoms with van der Waals surface area (Å²) >= 11 is 6.05. The van der Waals surface area contributed by atoms with Crippen molar-refractivity contribution in [2.75, 3.05) is 12.4 Å². The molecule has 0 radical (unpaired) electrons. The predicted octanol–water partition coefficient (Wildman–Crippen LogP) is 3.36. The van der Waals surface area contributed by atoms with Crippen LogP contribution in [0.1, 0.15) is 21.6 Å². The number of pyridine rings is 1. The highest BCUT2D eigenvalue weighted by molar-refractivity contribution is 6.31. The quantitative estimate of drug-likeness (QED) is 0.886. The molecule has 0 atom stereocenters. The van der Waals surface area contributed by atoms with E-state index in [0.29, 0.717) is 17.3 Å². The Kier molecular flexibility index (Phi) is 4.65. The van der Waals surface area contributed by atoms with E-state index in [4.69, 9.17) is 21.4 Å². The lowest BCUT2D eigenvalue weighted by Crippen LogP contribution is -2.05. The minimum Gasteiger partial charge on any atom is -0.495 e. The Balaban J connectivity index is 2.12. The first-order valence-electron chi connectivity index (χ1n) is 6.27. The Hall–Kier alpha value is -2.27. The second-order valence-corrected chi connectivity index (χ2v) is 4.91. The standard InChI is InChI=1S/C15H15ClN2O3/c1-9-5-13(14(21-2)6-12(9)16)18-8-11-4-3-10(7-17-11)15(19)20/h3-7,18H,8H2,1-2H3,(H,19,20). The van der Waals surface area contributed by atoms with Gasteiger partial charge in [0.2, 0.25) is 0 Å². The third-order valence-electron chi connectivity index (χ3n) is 3.01. The number of aryl methyl sites for hydroxylation is 1. The minimum absolute atomic E-state index is 0.165. The van der Waals surface area contributed by atoms with Crippen LogP contribution >= 0.6 is 11.6 Å². The van der Waals surface area contributed by atoms with Gasteiger partial charge in [0.1, 0.15) is 5.75 Å². The number of carbonyl (C=O) groups is 1. The fourth-order valence-corrected chi connectivity index (χ4v) is 1.97. The lowest BCUT2D eigenvalue weighted by Gasteiger charge is -2.13. The number of methoxy groups -OCH3 is 1. The first-order chi connectivity index (χ1) is 10.0. The maximum Gasteiger partial charge on any atom is 0.337 e. The number of benzene rings is 1. The molecule has 2 rings (SSSR count). The van der Waals surface area contributed by atoms with E-state index in [1.807, 2.05) is 13.0 Å². The summed E-state index contributed by atoms with van der Waals surface area (Å²) in [6.45, 7) is 2.37. The maximum absolute atomic E-state index is 10.8. The highest BCUT2D eigenvalue weighted by Gasteiger charge is 2.08. The van der Waals surface area contributed by atoms with E-state index >= 15 is 0 Å². The van der Waals surface area contributed by atoms with Crippen LogP contribution in [0.2, 0.25) is 5.02 Å². The van der Waals surface area contributed by atoms with Crippen LogP contribution in [0.3, 0.4) is 0 Å². The van der Waals surface area contributed by atoms with Crippen LogP contribution in [0.5, 0.6) is 5.75 Å². The molecule has 0 aliphatic heterocycles. The summed E-state index contributed by atoms with van der Waals surface area (Å²) in [4.78, 5) is 14.9. The molecule has 21 heavy (non-hydrogen) atoms. The summed E-state index contributed by atoms with van der Waals surface area (Å²) in [5, 5.41) is 12.7. The molecule has 0 spiro atoms. The summed E-state index contributed by atoms with van der Waals surface area (Å²) in [5.74, 6) is -0.343. The van der Waals surface area contributed by atoms with Crippen molar-refractivity contribution in [3.8, 4) is 5.75 Å². The fraction of sp³-hybridized carbons (Fsp3) is 0.200. The second-order valence-electron chi connectivity index (χ2n) is 4.50. The smallest absolute Gasteiger partial charge is 0.337 e. The van der Waals surface area contributed by atoms with E-state index in [2.05, 4.69) is 10.3 Å². The predicted molar refractivity (Wildman–Crippen MR) is 81.3 cm³/mol. The van der Waals surface area contributed by atoms with Crippen LogP contribution in [0, 0.1) is 6.92 Å². The molecular weight excluding hydrogens is 292 g/mol. The molecule has 0 unspecified atom stereocenters. The number of aromatic carboxylic acids is 1. The maximum atomic E-state index is 10.8. The zero-order valence-corrected chi connectivity index (χ0v) is 12.4. The number of nitrogens with zero attached hydrogens (tertiary/aromatic N) is 1. The fourth-order valence-electron chi connectivity index (χ4n) is 1.81. The largest absolute Gasteiger partial charge is 0.495 e. The third-order valence-corrected chi connectivity index (χ3v) is 3.42. The molecule has 2 N–H and O–H groups in total. The van der Waals surface area contributed by atoms with Crippen LogP contribution in [-0.2, 0) is 6.54 Å². The molecule has 1 aromatic carbocycles. The zero-order valence-electron chi connectivity index (χ0n) is 11.7.